The van der Waals surface area contributed by atoms with E-state index in [1.165, 1.54) is 0 Å². The van der Waals surface area contributed by atoms with E-state index in [0.29, 0.717) is 12.4 Å². The lowest BCUT2D eigenvalue weighted by molar-refractivity contribution is -0.118. The summed E-state index contributed by atoms with van der Waals surface area (Å²) >= 11 is 0. The fourth-order valence-electron chi connectivity index (χ4n) is 3.63. The monoisotopic (exact) mass is 374 g/mol. The molecule has 8 heteroatoms. The third-order valence-corrected chi connectivity index (χ3v) is 5.16. The first-order valence-electron chi connectivity index (χ1n) is 9.82. The van der Waals surface area contributed by atoms with Crippen molar-refractivity contribution in [3.8, 4) is 0 Å². The summed E-state index contributed by atoms with van der Waals surface area (Å²) in [4.78, 5) is 19.4. The molecule has 1 aliphatic heterocycles. The second-order valence-corrected chi connectivity index (χ2v) is 7.54. The Morgan fingerprint density at radius 2 is 2.11 bits per heavy atom. The van der Waals surface area contributed by atoms with E-state index in [1.807, 2.05) is 39.3 Å². The van der Waals surface area contributed by atoms with Crippen LogP contribution in [0.15, 0.2) is 4.52 Å². The van der Waals surface area contributed by atoms with Crippen LogP contribution in [0.3, 0.4) is 0 Å². The molecule has 0 aliphatic carbocycles. The topological polar surface area (TPSA) is 89.1 Å². The van der Waals surface area contributed by atoms with Crippen LogP contribution in [0.25, 0.3) is 0 Å². The fourth-order valence-corrected chi connectivity index (χ4v) is 3.63. The number of aromatic nitrogens is 4. The van der Waals surface area contributed by atoms with Gasteiger partial charge in [0.25, 0.3) is 0 Å². The summed E-state index contributed by atoms with van der Waals surface area (Å²) in [5.41, 5.74) is 2.64. The first kappa shape index (κ1) is 19.5. The van der Waals surface area contributed by atoms with Crippen LogP contribution in [-0.4, -0.2) is 43.8 Å². The van der Waals surface area contributed by atoms with Crippen LogP contribution >= 0.6 is 0 Å². The van der Waals surface area contributed by atoms with Crippen LogP contribution in [0.1, 0.15) is 75.1 Å². The number of carbonyl (C=O) groups is 1. The molecule has 2 aromatic rings. The van der Waals surface area contributed by atoms with E-state index >= 15 is 0 Å². The van der Waals surface area contributed by atoms with E-state index < -0.39 is 0 Å². The van der Waals surface area contributed by atoms with Gasteiger partial charge in [-0.3, -0.25) is 14.4 Å². The zero-order chi connectivity index (χ0) is 19.6. The zero-order valence-electron chi connectivity index (χ0n) is 16.9. The van der Waals surface area contributed by atoms with Crippen molar-refractivity contribution >= 4 is 11.6 Å². The van der Waals surface area contributed by atoms with Gasteiger partial charge in [-0.15, -0.1) is 0 Å². The van der Waals surface area contributed by atoms with Gasteiger partial charge in [0.1, 0.15) is 0 Å². The molecule has 0 bridgehead atoms. The second kappa shape index (κ2) is 8.21. The molecule has 1 N–H and O–H groups in total. The van der Waals surface area contributed by atoms with Gasteiger partial charge in [-0.05, 0) is 40.2 Å². The minimum absolute atomic E-state index is 0.00468. The Kier molecular flexibility index (Phi) is 5.94. The zero-order valence-corrected chi connectivity index (χ0v) is 16.9. The Hall–Kier alpha value is -2.22. The molecule has 27 heavy (non-hydrogen) atoms. The molecule has 0 radical (unpaired) electrons. The quantitative estimate of drug-likeness (QED) is 0.835. The summed E-state index contributed by atoms with van der Waals surface area (Å²) in [6.07, 6.45) is 3.10. The van der Waals surface area contributed by atoms with E-state index in [4.69, 9.17) is 4.52 Å². The Bertz CT molecular complexity index is 794. The minimum Gasteiger partial charge on any atom is -0.338 e. The molecule has 1 amide bonds. The molecule has 1 saturated heterocycles. The van der Waals surface area contributed by atoms with Crippen molar-refractivity contribution in [1.29, 1.82) is 0 Å². The van der Waals surface area contributed by atoms with Crippen molar-refractivity contribution in [1.82, 2.24) is 24.8 Å². The molecule has 1 fully saturated rings. The lowest BCUT2D eigenvalue weighted by atomic mass is 10.0. The number of aryl methyl sites for hydroxylation is 2. The molecule has 1 atom stereocenters. The van der Waals surface area contributed by atoms with Gasteiger partial charge in [0.2, 0.25) is 11.8 Å². The smallest absolute Gasteiger partial charge is 0.244 e. The van der Waals surface area contributed by atoms with Gasteiger partial charge in [0.05, 0.1) is 29.7 Å². The van der Waals surface area contributed by atoms with E-state index in [-0.39, 0.29) is 17.9 Å². The largest absolute Gasteiger partial charge is 0.338 e. The summed E-state index contributed by atoms with van der Waals surface area (Å²) in [5, 5.41) is 11.6. The number of carbonyl (C=O) groups excluding carboxylic acids is 1. The fraction of sp³-hybridized carbons (Fsp3) is 0.684. The number of hydrogen-bond acceptors (Lipinski definition) is 6. The van der Waals surface area contributed by atoms with Gasteiger partial charge in [-0.2, -0.15) is 10.1 Å². The highest BCUT2D eigenvalue weighted by molar-refractivity contribution is 5.93. The van der Waals surface area contributed by atoms with Crippen LogP contribution < -0.4 is 5.32 Å². The Balaban J connectivity index is 1.70. The van der Waals surface area contributed by atoms with E-state index in [1.54, 1.807) is 0 Å². The molecule has 3 heterocycles. The lowest BCUT2D eigenvalue weighted by Crippen LogP contribution is -2.39. The second-order valence-electron chi connectivity index (χ2n) is 7.54. The molecule has 0 spiro atoms. The molecule has 2 aromatic heterocycles. The van der Waals surface area contributed by atoms with Gasteiger partial charge in [0, 0.05) is 12.5 Å². The van der Waals surface area contributed by atoms with Crippen LogP contribution in [-0.2, 0) is 11.3 Å². The number of rotatable bonds is 6. The summed E-state index contributed by atoms with van der Waals surface area (Å²) in [5.74, 6) is 1.53. The molecular weight excluding hydrogens is 344 g/mol. The van der Waals surface area contributed by atoms with Gasteiger partial charge in [-0.1, -0.05) is 25.4 Å². The molecule has 0 aromatic carbocycles. The first-order valence-corrected chi connectivity index (χ1v) is 9.82. The van der Waals surface area contributed by atoms with Gasteiger partial charge in [-0.25, -0.2) is 0 Å². The van der Waals surface area contributed by atoms with Crippen LogP contribution in [0.2, 0.25) is 0 Å². The van der Waals surface area contributed by atoms with Crippen molar-refractivity contribution in [2.75, 3.05) is 18.4 Å². The normalized spacial score (nSPS) is 18.2. The van der Waals surface area contributed by atoms with Crippen LogP contribution in [0.4, 0.5) is 5.69 Å². The average Bonchev–Trinajstić information content (AvgIpc) is 3.23. The predicted octanol–water partition coefficient (Wildman–Crippen LogP) is 3.19. The lowest BCUT2D eigenvalue weighted by Gasteiger charge is -2.32. The van der Waals surface area contributed by atoms with Crippen molar-refractivity contribution in [3.63, 3.8) is 0 Å². The maximum atomic E-state index is 12.7. The van der Waals surface area contributed by atoms with Crippen molar-refractivity contribution in [2.24, 2.45) is 0 Å². The van der Waals surface area contributed by atoms with Gasteiger partial charge in [0.15, 0.2) is 5.82 Å². The average molecular weight is 374 g/mol. The van der Waals surface area contributed by atoms with Crippen molar-refractivity contribution in [2.45, 2.75) is 72.4 Å². The minimum atomic E-state index is -0.0349. The Morgan fingerprint density at radius 1 is 1.33 bits per heavy atom. The molecular formula is C19H30N6O2. The van der Waals surface area contributed by atoms with Crippen LogP contribution in [0.5, 0.6) is 0 Å². The van der Waals surface area contributed by atoms with Crippen molar-refractivity contribution in [3.05, 3.63) is 23.1 Å². The van der Waals surface area contributed by atoms with Crippen molar-refractivity contribution < 1.29 is 9.32 Å². The molecule has 8 nitrogen and oxygen atoms in total. The highest BCUT2D eigenvalue weighted by Crippen LogP contribution is 2.30. The molecule has 148 valence electrons. The van der Waals surface area contributed by atoms with Gasteiger partial charge >= 0.3 is 0 Å². The third-order valence-electron chi connectivity index (χ3n) is 5.16. The number of piperidine rings is 1. The Labute approximate surface area is 160 Å². The summed E-state index contributed by atoms with van der Waals surface area (Å²) < 4.78 is 7.41. The summed E-state index contributed by atoms with van der Waals surface area (Å²) in [7, 11) is 0. The van der Waals surface area contributed by atoms with Gasteiger partial charge < -0.3 is 9.84 Å². The molecule has 1 aliphatic rings. The third kappa shape index (κ3) is 4.21. The molecule has 3 rings (SSSR count). The SMILES string of the molecule is CCn1nc(C)c(NC(=O)CN2CCCC[C@H]2c2nc(C(C)C)no2)c1C. The summed E-state index contributed by atoms with van der Waals surface area (Å²) in [6, 6.07) is 0.00468. The first-order chi connectivity index (χ1) is 12.9. The van der Waals surface area contributed by atoms with E-state index in [2.05, 4.69) is 25.5 Å². The predicted molar refractivity (Wildman–Crippen MR) is 103 cm³/mol. The number of nitrogens with one attached hydrogen (secondary N) is 1. The number of hydrogen-bond donors (Lipinski definition) is 1. The highest BCUT2D eigenvalue weighted by Gasteiger charge is 2.30. The highest BCUT2D eigenvalue weighted by atomic mass is 16.5. The van der Waals surface area contributed by atoms with Crippen LogP contribution in [0, 0.1) is 13.8 Å². The number of amides is 1. The maximum absolute atomic E-state index is 12.7. The molecule has 0 saturated carbocycles. The molecule has 0 unspecified atom stereocenters. The van der Waals surface area contributed by atoms with E-state index in [9.17, 15) is 4.79 Å². The number of nitrogens with zero attached hydrogens (tertiary/aromatic N) is 5. The number of anilines is 1. The standard InChI is InChI=1S/C19H30N6O2/c1-6-25-14(5)17(13(4)22-25)20-16(26)11-24-10-8-7-9-15(24)19-21-18(12(2)3)23-27-19/h12,15H,6-11H2,1-5H3,(H,20,26)/t15-/m0/s1. The number of likely N-dealkylation sites (tertiary alicyclic amines) is 1. The maximum Gasteiger partial charge on any atom is 0.244 e. The van der Waals surface area contributed by atoms with E-state index in [0.717, 1.165) is 55.3 Å². The Morgan fingerprint density at radius 3 is 2.74 bits per heavy atom. The summed E-state index contributed by atoms with van der Waals surface area (Å²) in [6.45, 7) is 12.0.